The number of benzene rings is 3. The minimum atomic E-state index is -4.61. The van der Waals surface area contributed by atoms with Crippen molar-refractivity contribution in [3.63, 3.8) is 0 Å². The van der Waals surface area contributed by atoms with Gasteiger partial charge in [-0.2, -0.15) is 13.2 Å². The number of aromatic nitrogens is 3. The van der Waals surface area contributed by atoms with E-state index in [-0.39, 0.29) is 45.0 Å². The van der Waals surface area contributed by atoms with E-state index in [1.165, 1.54) is 25.1 Å². The average molecular weight is 605 g/mol. The number of amides is 2. The number of rotatable bonds is 9. The second-order valence-electron chi connectivity index (χ2n) is 8.49. The van der Waals surface area contributed by atoms with Gasteiger partial charge in [0.1, 0.15) is 0 Å². The lowest BCUT2D eigenvalue weighted by Crippen LogP contribution is -2.25. The second kappa shape index (κ2) is 12.4. The minimum Gasteiger partial charge on any atom is -0.345 e. The van der Waals surface area contributed by atoms with E-state index in [1.54, 1.807) is 34.9 Å². The van der Waals surface area contributed by atoms with Crippen molar-refractivity contribution >= 4 is 46.6 Å². The molecule has 0 radical (unpaired) electrons. The average Bonchev–Trinajstić information content (AvgIpc) is 3.34. The highest BCUT2D eigenvalue weighted by atomic mass is 35.5. The molecule has 0 aliphatic rings. The SMILES string of the molecule is Cc1c(C(=O)NCc2nnc(SCC(=O)Nc3cc(C(F)(F)F)ccc3Cl)n2-c2ccccc2)cccc1[N+](=O)[O-]. The van der Waals surface area contributed by atoms with Gasteiger partial charge in [-0.05, 0) is 43.3 Å². The number of nitrogens with zero attached hydrogens (tertiary/aromatic N) is 4. The molecule has 0 unspecified atom stereocenters. The molecule has 0 fully saturated rings. The maximum atomic E-state index is 13.1. The lowest BCUT2D eigenvalue weighted by molar-refractivity contribution is -0.385. The maximum Gasteiger partial charge on any atom is 0.416 e. The fourth-order valence-electron chi connectivity index (χ4n) is 3.78. The number of para-hydroxylation sites is 1. The molecule has 3 aromatic carbocycles. The van der Waals surface area contributed by atoms with Crippen molar-refractivity contribution in [1.82, 2.24) is 20.1 Å². The molecule has 0 saturated carbocycles. The number of nitrogens with one attached hydrogen (secondary N) is 2. The zero-order valence-electron chi connectivity index (χ0n) is 21.1. The number of carbonyl (C=O) groups excluding carboxylic acids is 2. The number of nitro groups is 1. The second-order valence-corrected chi connectivity index (χ2v) is 9.84. The summed E-state index contributed by atoms with van der Waals surface area (Å²) in [4.78, 5) is 36.1. The Hall–Kier alpha value is -4.43. The molecule has 212 valence electrons. The molecule has 10 nitrogen and oxygen atoms in total. The molecular formula is C26H20ClF3N6O4S. The van der Waals surface area contributed by atoms with Gasteiger partial charge in [-0.3, -0.25) is 24.3 Å². The van der Waals surface area contributed by atoms with E-state index in [0.29, 0.717) is 11.5 Å². The topological polar surface area (TPSA) is 132 Å². The van der Waals surface area contributed by atoms with Crippen LogP contribution < -0.4 is 10.6 Å². The van der Waals surface area contributed by atoms with E-state index in [1.807, 2.05) is 0 Å². The first-order valence-corrected chi connectivity index (χ1v) is 13.1. The molecule has 41 heavy (non-hydrogen) atoms. The summed E-state index contributed by atoms with van der Waals surface area (Å²) in [5, 5.41) is 24.8. The van der Waals surface area contributed by atoms with E-state index >= 15 is 0 Å². The first-order valence-electron chi connectivity index (χ1n) is 11.8. The fourth-order valence-corrected chi connectivity index (χ4v) is 4.72. The van der Waals surface area contributed by atoms with Crippen LogP contribution in [-0.2, 0) is 17.5 Å². The van der Waals surface area contributed by atoms with Crippen LogP contribution in [0.5, 0.6) is 0 Å². The molecule has 0 bridgehead atoms. The van der Waals surface area contributed by atoms with Gasteiger partial charge in [0, 0.05) is 22.9 Å². The van der Waals surface area contributed by atoms with Crippen LogP contribution in [0, 0.1) is 17.0 Å². The van der Waals surface area contributed by atoms with Crippen LogP contribution in [-0.4, -0.2) is 37.3 Å². The molecule has 0 saturated heterocycles. The van der Waals surface area contributed by atoms with E-state index in [9.17, 15) is 32.9 Å². The number of alkyl halides is 3. The minimum absolute atomic E-state index is 0.0548. The molecule has 4 aromatic rings. The van der Waals surface area contributed by atoms with Gasteiger partial charge in [-0.25, -0.2) is 0 Å². The Balaban J connectivity index is 1.51. The summed E-state index contributed by atoms with van der Waals surface area (Å²) >= 11 is 6.94. The predicted molar refractivity (Wildman–Crippen MR) is 146 cm³/mol. The summed E-state index contributed by atoms with van der Waals surface area (Å²) in [6.07, 6.45) is -4.61. The quantitative estimate of drug-likeness (QED) is 0.140. The summed E-state index contributed by atoms with van der Waals surface area (Å²) in [5.74, 6) is -1.12. The van der Waals surface area contributed by atoms with Gasteiger partial charge < -0.3 is 10.6 Å². The first-order chi connectivity index (χ1) is 19.5. The Morgan fingerprint density at radius 3 is 2.49 bits per heavy atom. The van der Waals surface area contributed by atoms with Crippen molar-refractivity contribution in [3.05, 3.63) is 104 Å². The number of halogens is 4. The van der Waals surface area contributed by atoms with Crippen molar-refractivity contribution in [1.29, 1.82) is 0 Å². The van der Waals surface area contributed by atoms with E-state index in [0.717, 1.165) is 30.0 Å². The van der Waals surface area contributed by atoms with Crippen LogP contribution in [0.4, 0.5) is 24.5 Å². The van der Waals surface area contributed by atoms with Crippen LogP contribution in [0.2, 0.25) is 5.02 Å². The van der Waals surface area contributed by atoms with Crippen LogP contribution >= 0.6 is 23.4 Å². The molecule has 1 heterocycles. The van der Waals surface area contributed by atoms with Gasteiger partial charge in [0.15, 0.2) is 11.0 Å². The van der Waals surface area contributed by atoms with E-state index < -0.39 is 28.5 Å². The number of nitro benzene ring substituents is 1. The lowest BCUT2D eigenvalue weighted by Gasteiger charge is -2.13. The number of thioether (sulfide) groups is 1. The van der Waals surface area contributed by atoms with Gasteiger partial charge in [0.25, 0.3) is 11.6 Å². The highest BCUT2D eigenvalue weighted by Crippen LogP contribution is 2.34. The van der Waals surface area contributed by atoms with Crippen LogP contribution in [0.1, 0.15) is 27.3 Å². The molecule has 0 spiro atoms. The molecule has 2 N–H and O–H groups in total. The normalized spacial score (nSPS) is 11.2. The van der Waals surface area contributed by atoms with Crippen molar-refractivity contribution in [2.45, 2.75) is 24.8 Å². The smallest absolute Gasteiger partial charge is 0.345 e. The molecule has 2 amide bonds. The number of carbonyl (C=O) groups is 2. The van der Waals surface area contributed by atoms with Crippen molar-refractivity contribution in [2.75, 3.05) is 11.1 Å². The Bertz CT molecular complexity index is 1610. The molecule has 0 aliphatic heterocycles. The van der Waals surface area contributed by atoms with Crippen LogP contribution in [0.25, 0.3) is 5.69 Å². The lowest BCUT2D eigenvalue weighted by atomic mass is 10.1. The summed E-state index contributed by atoms with van der Waals surface area (Å²) in [7, 11) is 0. The molecule has 1 aromatic heterocycles. The maximum absolute atomic E-state index is 13.1. The fraction of sp³-hybridized carbons (Fsp3) is 0.154. The van der Waals surface area contributed by atoms with Gasteiger partial charge in [-0.1, -0.05) is 47.6 Å². The number of anilines is 1. The largest absolute Gasteiger partial charge is 0.416 e. The molecule has 15 heteroatoms. The van der Waals surface area contributed by atoms with Gasteiger partial charge >= 0.3 is 6.18 Å². The van der Waals surface area contributed by atoms with Crippen molar-refractivity contribution < 1.29 is 27.7 Å². The predicted octanol–water partition coefficient (Wildman–Crippen LogP) is 5.82. The standard InChI is InChI=1S/C26H20ClF3N6O4S/c1-15-18(8-5-9-21(15)36(39)40)24(38)31-13-22-33-34-25(35(22)17-6-3-2-4-7-17)41-14-23(37)32-20-12-16(26(28,29)30)10-11-19(20)27/h2-12H,13-14H2,1H3,(H,31,38)(H,32,37). The number of hydrogen-bond donors (Lipinski definition) is 2. The Labute approximate surface area is 240 Å². The highest BCUT2D eigenvalue weighted by molar-refractivity contribution is 7.99. The molecule has 0 aliphatic carbocycles. The summed E-state index contributed by atoms with van der Waals surface area (Å²) in [5.41, 5.74) is -0.366. The third-order valence-electron chi connectivity index (χ3n) is 5.77. The molecule has 4 rings (SSSR count). The summed E-state index contributed by atoms with van der Waals surface area (Å²) in [6, 6.07) is 15.6. The van der Waals surface area contributed by atoms with Gasteiger partial charge in [-0.15, -0.1) is 10.2 Å². The Kier molecular flexibility index (Phi) is 8.93. The third-order valence-corrected chi connectivity index (χ3v) is 7.03. The van der Waals surface area contributed by atoms with Crippen molar-refractivity contribution in [3.8, 4) is 5.69 Å². The summed E-state index contributed by atoms with van der Waals surface area (Å²) < 4.78 is 40.8. The van der Waals surface area contributed by atoms with Gasteiger partial charge in [0.05, 0.1) is 33.5 Å². The third kappa shape index (κ3) is 7.02. The van der Waals surface area contributed by atoms with Crippen molar-refractivity contribution in [2.24, 2.45) is 0 Å². The Morgan fingerprint density at radius 1 is 1.07 bits per heavy atom. The monoisotopic (exact) mass is 604 g/mol. The number of hydrogen-bond acceptors (Lipinski definition) is 7. The zero-order valence-corrected chi connectivity index (χ0v) is 22.7. The van der Waals surface area contributed by atoms with E-state index in [4.69, 9.17) is 11.6 Å². The first kappa shape index (κ1) is 29.6. The van der Waals surface area contributed by atoms with Crippen LogP contribution in [0.3, 0.4) is 0 Å². The Morgan fingerprint density at radius 2 is 1.80 bits per heavy atom. The summed E-state index contributed by atoms with van der Waals surface area (Å²) in [6.45, 7) is 1.38. The molecule has 0 atom stereocenters. The molecular weight excluding hydrogens is 585 g/mol. The van der Waals surface area contributed by atoms with E-state index in [2.05, 4.69) is 20.8 Å². The highest BCUT2D eigenvalue weighted by Gasteiger charge is 2.31. The van der Waals surface area contributed by atoms with Crippen LogP contribution in [0.15, 0.2) is 71.9 Å². The zero-order chi connectivity index (χ0) is 29.7. The van der Waals surface area contributed by atoms with Gasteiger partial charge in [0.2, 0.25) is 5.91 Å².